The highest BCUT2D eigenvalue weighted by Crippen LogP contribution is 2.15. The smallest absolute Gasteiger partial charge is 0.248 e. The summed E-state index contributed by atoms with van der Waals surface area (Å²) in [5.41, 5.74) is 0.343. The Morgan fingerprint density at radius 3 is 2.23 bits per heavy atom. The number of halogens is 2. The maximum atomic E-state index is 12.1. The number of rotatable bonds is 3. The second-order valence-corrected chi connectivity index (χ2v) is 2.85. The summed E-state index contributed by atoms with van der Waals surface area (Å²) in [5, 5.41) is 0. The summed E-state index contributed by atoms with van der Waals surface area (Å²) in [6.07, 6.45) is -2.59. The number of carbonyl (C=O) groups excluding carboxylic acids is 1. The van der Waals surface area contributed by atoms with Gasteiger partial charge < -0.3 is 0 Å². The number of ketones is 1. The molecule has 0 amide bonds. The van der Waals surface area contributed by atoms with Gasteiger partial charge in [-0.25, -0.2) is 8.78 Å². The predicted octanol–water partition coefficient (Wildman–Crippen LogP) is 2.77. The lowest BCUT2D eigenvalue weighted by molar-refractivity contribution is 0.0608. The summed E-state index contributed by atoms with van der Waals surface area (Å²) >= 11 is 0. The van der Waals surface area contributed by atoms with Crippen LogP contribution < -0.4 is 0 Å². The molecule has 0 saturated heterocycles. The third-order valence-electron chi connectivity index (χ3n) is 1.85. The third kappa shape index (κ3) is 2.34. The first-order valence-electron chi connectivity index (χ1n) is 4.00. The molecule has 1 aromatic carbocycles. The molecule has 1 atom stereocenters. The lowest BCUT2D eigenvalue weighted by Crippen LogP contribution is -2.18. The fraction of sp³-hybridized carbons (Fsp3) is 0.300. The first-order valence-corrected chi connectivity index (χ1v) is 4.00. The van der Waals surface area contributed by atoms with E-state index in [0.717, 1.165) is 0 Å². The van der Waals surface area contributed by atoms with Gasteiger partial charge in [-0.2, -0.15) is 0 Å². The molecule has 0 spiro atoms. The van der Waals surface area contributed by atoms with Gasteiger partial charge in [-0.3, -0.25) is 4.79 Å². The van der Waals surface area contributed by atoms with Gasteiger partial charge in [0, 0.05) is 5.56 Å². The molecular weight excluding hydrogens is 174 g/mol. The van der Waals surface area contributed by atoms with Crippen molar-refractivity contribution in [3.05, 3.63) is 35.9 Å². The zero-order valence-electron chi connectivity index (χ0n) is 7.21. The van der Waals surface area contributed by atoms with Gasteiger partial charge in [0.1, 0.15) is 0 Å². The SMILES string of the molecule is CC(C(=O)c1ccccc1)C(F)F. The number of hydrogen-bond donors (Lipinski definition) is 0. The first-order chi connectivity index (χ1) is 6.13. The second kappa shape index (κ2) is 4.12. The molecule has 0 fully saturated rings. The van der Waals surface area contributed by atoms with Gasteiger partial charge in [-0.05, 0) is 6.92 Å². The topological polar surface area (TPSA) is 17.1 Å². The van der Waals surface area contributed by atoms with Gasteiger partial charge in [-0.1, -0.05) is 30.3 Å². The van der Waals surface area contributed by atoms with Crippen molar-refractivity contribution in [2.45, 2.75) is 13.3 Å². The van der Waals surface area contributed by atoms with Crippen molar-refractivity contribution in [3.8, 4) is 0 Å². The Bertz CT molecular complexity index is 282. The quantitative estimate of drug-likeness (QED) is 0.660. The van der Waals surface area contributed by atoms with E-state index < -0.39 is 18.1 Å². The Balaban J connectivity index is 2.80. The Hall–Kier alpha value is -1.25. The van der Waals surface area contributed by atoms with E-state index in [1.54, 1.807) is 30.3 Å². The standard InChI is InChI=1S/C10H10F2O/c1-7(10(11)12)9(13)8-5-3-2-4-6-8/h2-7,10H,1H3. The van der Waals surface area contributed by atoms with Crippen LogP contribution in [0, 0.1) is 5.92 Å². The summed E-state index contributed by atoms with van der Waals surface area (Å²) < 4.78 is 24.3. The third-order valence-corrected chi connectivity index (χ3v) is 1.85. The van der Waals surface area contributed by atoms with Crippen molar-refractivity contribution in [1.29, 1.82) is 0 Å². The molecule has 1 aromatic rings. The van der Waals surface area contributed by atoms with Crippen LogP contribution in [0.3, 0.4) is 0 Å². The molecular formula is C10H10F2O. The van der Waals surface area contributed by atoms with Gasteiger partial charge in [0.15, 0.2) is 5.78 Å². The van der Waals surface area contributed by atoms with Crippen LogP contribution in [-0.4, -0.2) is 12.2 Å². The van der Waals surface area contributed by atoms with E-state index in [9.17, 15) is 13.6 Å². The van der Waals surface area contributed by atoms with E-state index >= 15 is 0 Å². The van der Waals surface area contributed by atoms with E-state index in [1.807, 2.05) is 0 Å². The minimum absolute atomic E-state index is 0.343. The van der Waals surface area contributed by atoms with Crippen molar-refractivity contribution < 1.29 is 13.6 Å². The van der Waals surface area contributed by atoms with Crippen LogP contribution in [0.2, 0.25) is 0 Å². The van der Waals surface area contributed by atoms with Crippen molar-refractivity contribution in [3.63, 3.8) is 0 Å². The molecule has 0 N–H and O–H groups in total. The molecule has 0 aliphatic heterocycles. The normalized spacial score (nSPS) is 12.9. The van der Waals surface area contributed by atoms with Crippen LogP contribution in [0.5, 0.6) is 0 Å². The van der Waals surface area contributed by atoms with E-state index in [2.05, 4.69) is 0 Å². The maximum Gasteiger partial charge on any atom is 0.248 e. The van der Waals surface area contributed by atoms with Crippen molar-refractivity contribution in [2.24, 2.45) is 5.92 Å². The molecule has 1 unspecified atom stereocenters. The van der Waals surface area contributed by atoms with Gasteiger partial charge >= 0.3 is 0 Å². The molecule has 0 aromatic heterocycles. The molecule has 0 radical (unpaired) electrons. The average molecular weight is 184 g/mol. The number of hydrogen-bond acceptors (Lipinski definition) is 1. The lowest BCUT2D eigenvalue weighted by atomic mass is 10.0. The highest BCUT2D eigenvalue weighted by atomic mass is 19.3. The molecule has 13 heavy (non-hydrogen) atoms. The fourth-order valence-electron chi connectivity index (χ4n) is 0.980. The summed E-state index contributed by atoms with van der Waals surface area (Å²) in [6.45, 7) is 1.24. The second-order valence-electron chi connectivity index (χ2n) is 2.85. The van der Waals surface area contributed by atoms with E-state index in [-0.39, 0.29) is 0 Å². The van der Waals surface area contributed by atoms with E-state index in [0.29, 0.717) is 5.56 Å². The summed E-state index contributed by atoms with van der Waals surface area (Å²) in [6, 6.07) is 8.14. The number of carbonyl (C=O) groups is 1. The number of benzene rings is 1. The van der Waals surface area contributed by atoms with Crippen molar-refractivity contribution in [2.75, 3.05) is 0 Å². The fourth-order valence-corrected chi connectivity index (χ4v) is 0.980. The maximum absolute atomic E-state index is 12.1. The minimum atomic E-state index is -2.59. The Morgan fingerprint density at radius 1 is 1.23 bits per heavy atom. The van der Waals surface area contributed by atoms with Gasteiger partial charge in [-0.15, -0.1) is 0 Å². The molecule has 0 heterocycles. The van der Waals surface area contributed by atoms with Crippen molar-refractivity contribution >= 4 is 5.78 Å². The van der Waals surface area contributed by atoms with E-state index in [1.165, 1.54) is 6.92 Å². The van der Waals surface area contributed by atoms with Crippen LogP contribution in [-0.2, 0) is 0 Å². The molecule has 70 valence electrons. The van der Waals surface area contributed by atoms with Crippen LogP contribution in [0.4, 0.5) is 8.78 Å². The van der Waals surface area contributed by atoms with Crippen LogP contribution >= 0.6 is 0 Å². The highest BCUT2D eigenvalue weighted by Gasteiger charge is 2.23. The zero-order valence-corrected chi connectivity index (χ0v) is 7.21. The summed E-state index contributed by atoms with van der Waals surface area (Å²) in [4.78, 5) is 11.3. The Kier molecular flexibility index (Phi) is 3.12. The molecule has 1 nitrogen and oxygen atoms in total. The summed E-state index contributed by atoms with van der Waals surface area (Å²) in [5.74, 6) is -1.72. The molecule has 0 aliphatic carbocycles. The Labute approximate surface area is 75.4 Å². The van der Waals surface area contributed by atoms with Crippen LogP contribution in [0.1, 0.15) is 17.3 Å². The molecule has 0 saturated carbocycles. The van der Waals surface area contributed by atoms with E-state index in [4.69, 9.17) is 0 Å². The minimum Gasteiger partial charge on any atom is -0.294 e. The van der Waals surface area contributed by atoms with Crippen molar-refractivity contribution in [1.82, 2.24) is 0 Å². The molecule has 0 aliphatic rings. The monoisotopic (exact) mass is 184 g/mol. The van der Waals surface area contributed by atoms with Crippen LogP contribution in [0.25, 0.3) is 0 Å². The van der Waals surface area contributed by atoms with Gasteiger partial charge in [0.25, 0.3) is 0 Å². The Morgan fingerprint density at radius 2 is 1.77 bits per heavy atom. The number of Topliss-reactive ketones (excluding diaryl/α,β-unsaturated/α-hetero) is 1. The van der Waals surface area contributed by atoms with Crippen LogP contribution in [0.15, 0.2) is 30.3 Å². The zero-order chi connectivity index (χ0) is 9.84. The summed E-state index contributed by atoms with van der Waals surface area (Å²) in [7, 11) is 0. The van der Waals surface area contributed by atoms with Gasteiger partial charge in [0.05, 0.1) is 5.92 Å². The first kappa shape index (κ1) is 9.84. The lowest BCUT2D eigenvalue weighted by Gasteiger charge is -2.08. The number of alkyl halides is 2. The molecule has 1 rings (SSSR count). The van der Waals surface area contributed by atoms with Gasteiger partial charge in [0.2, 0.25) is 6.43 Å². The molecule has 3 heteroatoms. The predicted molar refractivity (Wildman–Crippen MR) is 45.9 cm³/mol. The highest BCUT2D eigenvalue weighted by molar-refractivity contribution is 5.97. The molecule has 0 bridgehead atoms. The largest absolute Gasteiger partial charge is 0.294 e. The average Bonchev–Trinajstić information content (AvgIpc) is 2.17.